The SMILES string of the molecule is CNC(C#N)(CCN1CC(C)C(C)C1)c1ccccc1. The largest absolute Gasteiger partial charge is 0.303 e. The zero-order chi connectivity index (χ0) is 14.6. The molecule has 1 aliphatic heterocycles. The van der Waals surface area contributed by atoms with E-state index in [1.54, 1.807) is 0 Å². The molecule has 20 heavy (non-hydrogen) atoms. The van der Waals surface area contributed by atoms with Gasteiger partial charge in [0, 0.05) is 19.6 Å². The van der Waals surface area contributed by atoms with E-state index >= 15 is 0 Å². The molecule has 0 radical (unpaired) electrons. The van der Waals surface area contributed by atoms with Crippen LogP contribution in [0.25, 0.3) is 0 Å². The Hall–Kier alpha value is -1.37. The second-order valence-electron chi connectivity index (χ2n) is 6.10. The van der Waals surface area contributed by atoms with Crippen molar-refractivity contribution >= 4 is 0 Å². The molecule has 1 aromatic rings. The standard InChI is InChI=1S/C17H25N3/c1-14-11-20(12-15(14)2)10-9-17(13-18,19-3)16-7-5-4-6-8-16/h4-8,14-15,19H,9-12H2,1-3H3. The lowest BCUT2D eigenvalue weighted by Crippen LogP contribution is -2.41. The predicted octanol–water partition coefficient (Wildman–Crippen LogP) is 2.60. The van der Waals surface area contributed by atoms with Crippen LogP contribution in [-0.4, -0.2) is 31.6 Å². The average molecular weight is 271 g/mol. The molecule has 1 fully saturated rings. The van der Waals surface area contributed by atoms with E-state index in [-0.39, 0.29) is 0 Å². The Morgan fingerprint density at radius 1 is 1.25 bits per heavy atom. The zero-order valence-electron chi connectivity index (χ0n) is 12.8. The molecule has 0 bridgehead atoms. The third-order valence-electron chi connectivity index (χ3n) is 4.75. The maximum absolute atomic E-state index is 9.68. The molecule has 2 rings (SSSR count). The number of hydrogen-bond donors (Lipinski definition) is 1. The van der Waals surface area contributed by atoms with Crippen LogP contribution < -0.4 is 5.32 Å². The van der Waals surface area contributed by atoms with E-state index in [4.69, 9.17) is 0 Å². The highest BCUT2D eigenvalue weighted by molar-refractivity contribution is 5.31. The number of nitrogens with one attached hydrogen (secondary N) is 1. The van der Waals surface area contributed by atoms with Crippen molar-refractivity contribution < 1.29 is 0 Å². The van der Waals surface area contributed by atoms with Crippen LogP contribution >= 0.6 is 0 Å². The van der Waals surface area contributed by atoms with Crippen molar-refractivity contribution in [3.63, 3.8) is 0 Å². The Kier molecular flexibility index (Phi) is 4.80. The third kappa shape index (κ3) is 3.03. The molecule has 3 nitrogen and oxygen atoms in total. The summed E-state index contributed by atoms with van der Waals surface area (Å²) < 4.78 is 0. The van der Waals surface area contributed by atoms with Crippen molar-refractivity contribution in [1.82, 2.24) is 10.2 Å². The van der Waals surface area contributed by atoms with Crippen LogP contribution in [0.1, 0.15) is 25.8 Å². The van der Waals surface area contributed by atoms with Gasteiger partial charge in [0.1, 0.15) is 5.54 Å². The Morgan fingerprint density at radius 3 is 2.35 bits per heavy atom. The fourth-order valence-electron chi connectivity index (χ4n) is 3.07. The van der Waals surface area contributed by atoms with E-state index in [0.717, 1.165) is 43.5 Å². The monoisotopic (exact) mass is 271 g/mol. The van der Waals surface area contributed by atoms with Gasteiger partial charge in [-0.2, -0.15) is 5.26 Å². The Balaban J connectivity index is 2.06. The van der Waals surface area contributed by atoms with Crippen LogP contribution in [-0.2, 0) is 5.54 Å². The summed E-state index contributed by atoms with van der Waals surface area (Å²) >= 11 is 0. The summed E-state index contributed by atoms with van der Waals surface area (Å²) in [5.74, 6) is 1.52. The summed E-state index contributed by atoms with van der Waals surface area (Å²) in [5.41, 5.74) is 0.487. The number of hydrogen-bond acceptors (Lipinski definition) is 3. The first-order valence-corrected chi connectivity index (χ1v) is 7.49. The highest BCUT2D eigenvalue weighted by Gasteiger charge is 2.33. The van der Waals surface area contributed by atoms with Gasteiger partial charge in [0.2, 0.25) is 0 Å². The number of nitrogens with zero attached hydrogens (tertiary/aromatic N) is 2. The zero-order valence-corrected chi connectivity index (χ0v) is 12.8. The predicted molar refractivity (Wildman–Crippen MR) is 82.2 cm³/mol. The van der Waals surface area contributed by atoms with Gasteiger partial charge in [-0.25, -0.2) is 0 Å². The van der Waals surface area contributed by atoms with Crippen LogP contribution in [0.15, 0.2) is 30.3 Å². The number of rotatable bonds is 5. The van der Waals surface area contributed by atoms with Crippen molar-refractivity contribution in [3.05, 3.63) is 35.9 Å². The lowest BCUT2D eigenvalue weighted by molar-refractivity contribution is 0.279. The Morgan fingerprint density at radius 2 is 1.85 bits per heavy atom. The lowest BCUT2D eigenvalue weighted by Gasteiger charge is -2.29. The summed E-state index contributed by atoms with van der Waals surface area (Å²) in [4.78, 5) is 2.49. The molecule has 0 amide bonds. The highest BCUT2D eigenvalue weighted by atomic mass is 15.2. The van der Waals surface area contributed by atoms with Gasteiger partial charge in [-0.1, -0.05) is 44.2 Å². The van der Waals surface area contributed by atoms with E-state index in [0.29, 0.717) is 0 Å². The summed E-state index contributed by atoms with van der Waals surface area (Å²) in [6.07, 6.45) is 0.823. The normalized spacial score (nSPS) is 26.1. The van der Waals surface area contributed by atoms with E-state index in [2.05, 4.69) is 30.1 Å². The molecule has 0 aromatic heterocycles. The molecule has 1 aromatic carbocycles. The van der Waals surface area contributed by atoms with Crippen LogP contribution in [0.2, 0.25) is 0 Å². The van der Waals surface area contributed by atoms with Gasteiger partial charge in [0.25, 0.3) is 0 Å². The molecule has 108 valence electrons. The van der Waals surface area contributed by atoms with E-state index in [9.17, 15) is 5.26 Å². The van der Waals surface area contributed by atoms with Gasteiger partial charge in [0.15, 0.2) is 0 Å². The highest BCUT2D eigenvalue weighted by Crippen LogP contribution is 2.27. The Bertz CT molecular complexity index is 455. The number of nitriles is 1. The van der Waals surface area contributed by atoms with Crippen molar-refractivity contribution in [3.8, 4) is 6.07 Å². The first kappa shape index (κ1) is 15.0. The molecule has 3 unspecified atom stereocenters. The van der Waals surface area contributed by atoms with Crippen molar-refractivity contribution in [2.24, 2.45) is 11.8 Å². The molecule has 0 spiro atoms. The van der Waals surface area contributed by atoms with Crippen LogP contribution in [0.4, 0.5) is 0 Å². The summed E-state index contributed by atoms with van der Waals surface area (Å²) in [6, 6.07) is 12.6. The quantitative estimate of drug-likeness (QED) is 0.894. The number of benzene rings is 1. The van der Waals surface area contributed by atoms with Gasteiger partial charge in [0.05, 0.1) is 6.07 Å². The first-order chi connectivity index (χ1) is 9.61. The van der Waals surface area contributed by atoms with Gasteiger partial charge >= 0.3 is 0 Å². The Labute approximate surface area is 122 Å². The molecule has 1 N–H and O–H groups in total. The van der Waals surface area contributed by atoms with Crippen molar-refractivity contribution in [2.75, 3.05) is 26.7 Å². The fourth-order valence-corrected chi connectivity index (χ4v) is 3.07. The second-order valence-corrected chi connectivity index (χ2v) is 6.10. The topological polar surface area (TPSA) is 39.1 Å². The molecule has 0 aliphatic carbocycles. The molecule has 1 heterocycles. The molecular weight excluding hydrogens is 246 g/mol. The summed E-state index contributed by atoms with van der Waals surface area (Å²) in [7, 11) is 1.88. The third-order valence-corrected chi connectivity index (χ3v) is 4.75. The first-order valence-electron chi connectivity index (χ1n) is 7.49. The minimum Gasteiger partial charge on any atom is -0.303 e. The van der Waals surface area contributed by atoms with E-state index in [1.165, 1.54) is 0 Å². The molecule has 0 saturated carbocycles. The summed E-state index contributed by atoms with van der Waals surface area (Å²) in [6.45, 7) is 7.91. The van der Waals surface area contributed by atoms with E-state index in [1.807, 2.05) is 37.4 Å². The summed E-state index contributed by atoms with van der Waals surface area (Å²) in [5, 5.41) is 12.9. The van der Waals surface area contributed by atoms with E-state index < -0.39 is 5.54 Å². The van der Waals surface area contributed by atoms with Gasteiger partial charge < -0.3 is 4.90 Å². The minimum absolute atomic E-state index is 0.573. The molecular formula is C17H25N3. The second kappa shape index (κ2) is 6.39. The van der Waals surface area contributed by atoms with Gasteiger partial charge in [-0.15, -0.1) is 0 Å². The number of likely N-dealkylation sites (tertiary alicyclic amines) is 1. The maximum Gasteiger partial charge on any atom is 0.133 e. The van der Waals surface area contributed by atoms with Crippen molar-refractivity contribution in [2.45, 2.75) is 25.8 Å². The van der Waals surface area contributed by atoms with Crippen LogP contribution in [0, 0.1) is 23.2 Å². The fraction of sp³-hybridized carbons (Fsp3) is 0.588. The molecule has 3 heteroatoms. The average Bonchev–Trinajstić information content (AvgIpc) is 2.81. The van der Waals surface area contributed by atoms with Crippen LogP contribution in [0.5, 0.6) is 0 Å². The smallest absolute Gasteiger partial charge is 0.133 e. The molecule has 3 atom stereocenters. The lowest BCUT2D eigenvalue weighted by atomic mass is 9.88. The maximum atomic E-state index is 9.68. The molecule has 1 saturated heterocycles. The van der Waals surface area contributed by atoms with Gasteiger partial charge in [-0.05, 0) is 30.9 Å². The minimum atomic E-state index is -0.573. The van der Waals surface area contributed by atoms with Crippen LogP contribution in [0.3, 0.4) is 0 Å². The van der Waals surface area contributed by atoms with Crippen molar-refractivity contribution in [1.29, 1.82) is 5.26 Å². The molecule has 1 aliphatic rings. The van der Waals surface area contributed by atoms with Gasteiger partial charge in [-0.3, -0.25) is 5.32 Å².